The van der Waals surface area contributed by atoms with Crippen LogP contribution in [-0.2, 0) is 11.2 Å². The van der Waals surface area contributed by atoms with E-state index in [9.17, 15) is 9.90 Å². The fraction of sp³-hybridized carbons (Fsp3) is 0.316. The number of carboxylic acid groups (broad SMARTS) is 1. The van der Waals surface area contributed by atoms with Crippen LogP contribution in [0.4, 0.5) is 0 Å². The lowest BCUT2D eigenvalue weighted by Gasteiger charge is -2.18. The smallest absolute Gasteiger partial charge is 0.311 e. The zero-order valence-electron chi connectivity index (χ0n) is 14.1. The highest BCUT2D eigenvalue weighted by Gasteiger charge is 2.23. The number of rotatable bonds is 8. The minimum Gasteiger partial charge on any atom is -0.497 e. The summed E-state index contributed by atoms with van der Waals surface area (Å²) in [6.45, 7) is 2.36. The van der Waals surface area contributed by atoms with Crippen molar-refractivity contribution in [1.82, 2.24) is 0 Å². The summed E-state index contributed by atoms with van der Waals surface area (Å²) in [5.74, 6) is 0.232. The van der Waals surface area contributed by atoms with Crippen molar-refractivity contribution < 1.29 is 24.1 Å². The van der Waals surface area contributed by atoms with E-state index in [0.29, 0.717) is 35.8 Å². The molecule has 0 fully saturated rings. The van der Waals surface area contributed by atoms with Crippen LogP contribution < -0.4 is 14.2 Å². The van der Waals surface area contributed by atoms with Gasteiger partial charge in [0.25, 0.3) is 0 Å². The summed E-state index contributed by atoms with van der Waals surface area (Å²) in [7, 11) is 3.13. The van der Waals surface area contributed by atoms with Gasteiger partial charge >= 0.3 is 5.97 Å². The first-order valence-electron chi connectivity index (χ1n) is 7.76. The van der Waals surface area contributed by atoms with Crippen LogP contribution in [0.15, 0.2) is 42.5 Å². The molecule has 2 aromatic carbocycles. The molecule has 128 valence electrons. The molecule has 1 unspecified atom stereocenters. The summed E-state index contributed by atoms with van der Waals surface area (Å²) in [6, 6.07) is 12.6. The highest BCUT2D eigenvalue weighted by Crippen LogP contribution is 2.35. The van der Waals surface area contributed by atoms with Gasteiger partial charge in [-0.15, -0.1) is 0 Å². The van der Waals surface area contributed by atoms with Crippen molar-refractivity contribution in [3.05, 3.63) is 53.6 Å². The largest absolute Gasteiger partial charge is 0.497 e. The molecule has 1 N–H and O–H groups in total. The summed E-state index contributed by atoms with van der Waals surface area (Å²) in [6.07, 6.45) is 0.301. The molecule has 0 spiro atoms. The van der Waals surface area contributed by atoms with Gasteiger partial charge in [-0.3, -0.25) is 4.79 Å². The van der Waals surface area contributed by atoms with E-state index in [2.05, 4.69) is 0 Å². The number of carboxylic acids is 1. The maximum absolute atomic E-state index is 11.8. The Morgan fingerprint density at radius 3 is 2.50 bits per heavy atom. The Balaban J connectivity index is 2.39. The van der Waals surface area contributed by atoms with Gasteiger partial charge in [0, 0.05) is 0 Å². The lowest BCUT2D eigenvalue weighted by atomic mass is 9.91. The molecule has 0 heterocycles. The highest BCUT2D eigenvalue weighted by atomic mass is 16.5. The molecule has 2 rings (SSSR count). The first-order chi connectivity index (χ1) is 11.6. The van der Waals surface area contributed by atoms with E-state index in [1.807, 2.05) is 19.1 Å². The molecule has 0 radical (unpaired) electrons. The van der Waals surface area contributed by atoms with Gasteiger partial charge in [0.05, 0.1) is 26.7 Å². The van der Waals surface area contributed by atoms with E-state index in [-0.39, 0.29) is 0 Å². The molecule has 0 aliphatic carbocycles. The zero-order chi connectivity index (χ0) is 17.5. The van der Waals surface area contributed by atoms with Crippen LogP contribution in [0, 0.1) is 0 Å². The molecule has 0 aliphatic heterocycles. The highest BCUT2D eigenvalue weighted by molar-refractivity contribution is 5.77. The lowest BCUT2D eigenvalue weighted by molar-refractivity contribution is -0.138. The Hall–Kier alpha value is -2.69. The van der Waals surface area contributed by atoms with Crippen molar-refractivity contribution in [3.8, 4) is 17.2 Å². The molecular formula is C19H22O5. The average Bonchev–Trinajstić information content (AvgIpc) is 2.60. The molecular weight excluding hydrogens is 308 g/mol. The van der Waals surface area contributed by atoms with Crippen molar-refractivity contribution in [1.29, 1.82) is 0 Å². The molecule has 0 aromatic heterocycles. The Morgan fingerprint density at radius 2 is 1.88 bits per heavy atom. The number of benzene rings is 2. The predicted molar refractivity (Wildman–Crippen MR) is 91.2 cm³/mol. The van der Waals surface area contributed by atoms with Gasteiger partial charge in [-0.2, -0.15) is 0 Å². The maximum atomic E-state index is 11.8. The van der Waals surface area contributed by atoms with Crippen LogP contribution >= 0.6 is 0 Å². The first-order valence-corrected chi connectivity index (χ1v) is 7.76. The third kappa shape index (κ3) is 3.98. The fourth-order valence-electron chi connectivity index (χ4n) is 2.62. The number of hydrogen-bond donors (Lipinski definition) is 1. The quantitative estimate of drug-likeness (QED) is 0.802. The number of ether oxygens (including phenoxy) is 3. The molecule has 1 atom stereocenters. The van der Waals surface area contributed by atoms with E-state index < -0.39 is 11.9 Å². The van der Waals surface area contributed by atoms with Crippen molar-refractivity contribution in [2.45, 2.75) is 19.3 Å². The maximum Gasteiger partial charge on any atom is 0.311 e. The number of para-hydroxylation sites is 1. The van der Waals surface area contributed by atoms with Gasteiger partial charge in [-0.25, -0.2) is 0 Å². The molecule has 24 heavy (non-hydrogen) atoms. The van der Waals surface area contributed by atoms with Gasteiger partial charge in [-0.05, 0) is 42.7 Å². The second-order valence-corrected chi connectivity index (χ2v) is 5.25. The summed E-state index contributed by atoms with van der Waals surface area (Å²) < 4.78 is 16.2. The normalized spacial score (nSPS) is 11.6. The second-order valence-electron chi connectivity index (χ2n) is 5.25. The van der Waals surface area contributed by atoms with Crippen LogP contribution in [0.25, 0.3) is 0 Å². The monoisotopic (exact) mass is 330 g/mol. The van der Waals surface area contributed by atoms with Gasteiger partial charge in [0.15, 0.2) is 11.5 Å². The second kappa shape index (κ2) is 8.24. The third-order valence-electron chi connectivity index (χ3n) is 3.79. The number of methoxy groups -OCH3 is 2. The summed E-state index contributed by atoms with van der Waals surface area (Å²) in [5, 5.41) is 9.69. The molecule has 0 aliphatic rings. The lowest BCUT2D eigenvalue weighted by Crippen LogP contribution is -2.15. The first kappa shape index (κ1) is 17.7. The van der Waals surface area contributed by atoms with Crippen LogP contribution in [0.1, 0.15) is 24.0 Å². The SMILES string of the molecule is CCOc1c(CC(C(=O)O)c2cccc(OC)c2)cccc1OC. The molecule has 5 heteroatoms. The van der Waals surface area contributed by atoms with Gasteiger partial charge < -0.3 is 19.3 Å². The molecule has 2 aromatic rings. The van der Waals surface area contributed by atoms with Crippen molar-refractivity contribution in [3.63, 3.8) is 0 Å². The number of aliphatic carboxylic acids is 1. The van der Waals surface area contributed by atoms with E-state index in [1.165, 1.54) is 0 Å². The van der Waals surface area contributed by atoms with Gasteiger partial charge in [0.1, 0.15) is 5.75 Å². The average molecular weight is 330 g/mol. The van der Waals surface area contributed by atoms with E-state index in [1.54, 1.807) is 44.6 Å². The minimum absolute atomic E-state index is 0.301. The summed E-state index contributed by atoms with van der Waals surface area (Å²) >= 11 is 0. The number of hydrogen-bond acceptors (Lipinski definition) is 4. The number of carbonyl (C=O) groups is 1. The van der Waals surface area contributed by atoms with Crippen LogP contribution in [0.3, 0.4) is 0 Å². The third-order valence-corrected chi connectivity index (χ3v) is 3.79. The minimum atomic E-state index is -0.895. The zero-order valence-corrected chi connectivity index (χ0v) is 14.1. The Bertz CT molecular complexity index is 696. The molecule has 0 amide bonds. The van der Waals surface area contributed by atoms with Crippen molar-refractivity contribution >= 4 is 5.97 Å². The molecule has 0 saturated carbocycles. The van der Waals surface area contributed by atoms with Crippen LogP contribution in [-0.4, -0.2) is 31.9 Å². The Labute approximate surface area is 141 Å². The standard InChI is InChI=1S/C19H22O5/c1-4-24-18-14(8-6-10-17(18)23-3)12-16(19(20)21)13-7-5-9-15(11-13)22-2/h5-11,16H,4,12H2,1-3H3,(H,20,21). The molecule has 0 saturated heterocycles. The Morgan fingerprint density at radius 1 is 1.12 bits per heavy atom. The van der Waals surface area contributed by atoms with Crippen LogP contribution in [0.5, 0.6) is 17.2 Å². The van der Waals surface area contributed by atoms with Gasteiger partial charge in [0.2, 0.25) is 0 Å². The Kier molecular flexibility index (Phi) is 6.07. The fourth-order valence-corrected chi connectivity index (χ4v) is 2.62. The van der Waals surface area contributed by atoms with Crippen molar-refractivity contribution in [2.24, 2.45) is 0 Å². The topological polar surface area (TPSA) is 65.0 Å². The molecule has 5 nitrogen and oxygen atoms in total. The van der Waals surface area contributed by atoms with E-state index in [0.717, 1.165) is 5.56 Å². The summed E-state index contributed by atoms with van der Waals surface area (Å²) in [4.78, 5) is 11.8. The van der Waals surface area contributed by atoms with E-state index in [4.69, 9.17) is 14.2 Å². The predicted octanol–water partition coefficient (Wildman–Crippen LogP) is 3.51. The van der Waals surface area contributed by atoms with Crippen molar-refractivity contribution in [2.75, 3.05) is 20.8 Å². The van der Waals surface area contributed by atoms with Gasteiger partial charge in [-0.1, -0.05) is 24.3 Å². The summed E-state index contributed by atoms with van der Waals surface area (Å²) in [5.41, 5.74) is 1.48. The van der Waals surface area contributed by atoms with E-state index >= 15 is 0 Å². The van der Waals surface area contributed by atoms with Crippen LogP contribution in [0.2, 0.25) is 0 Å². The molecule has 0 bridgehead atoms.